The first kappa shape index (κ1) is 49.8. The lowest BCUT2D eigenvalue weighted by Crippen LogP contribution is -2.50. The fourth-order valence-electron chi connectivity index (χ4n) is 6.18. The lowest BCUT2D eigenvalue weighted by atomic mass is 10.1. The van der Waals surface area contributed by atoms with Crippen molar-refractivity contribution in [3.8, 4) is 0 Å². The highest BCUT2D eigenvalue weighted by molar-refractivity contribution is 5.72. The topological polar surface area (TPSA) is 99.1 Å². The van der Waals surface area contributed by atoms with Crippen molar-refractivity contribution >= 4 is 17.9 Å². The van der Waals surface area contributed by atoms with Gasteiger partial charge in [-0.2, -0.15) is 0 Å². The molecule has 8 heteroatoms. The molecule has 304 valence electrons. The van der Waals surface area contributed by atoms with E-state index in [0.717, 1.165) is 51.4 Å². The number of unbranched alkanes of at least 4 members (excludes halogenated alkanes) is 20. The minimum absolute atomic E-state index is 0.0541. The number of nitrogens with zero attached hydrogens (tertiary/aromatic N) is 1. The van der Waals surface area contributed by atoms with E-state index in [0.29, 0.717) is 19.3 Å². The van der Waals surface area contributed by atoms with Crippen LogP contribution in [0.15, 0.2) is 24.3 Å². The first-order valence-electron chi connectivity index (χ1n) is 21.4. The van der Waals surface area contributed by atoms with Crippen LogP contribution in [0.25, 0.3) is 0 Å². The van der Waals surface area contributed by atoms with Crippen LogP contribution < -0.4 is 0 Å². The van der Waals surface area contributed by atoms with E-state index in [4.69, 9.17) is 14.2 Å². The van der Waals surface area contributed by atoms with E-state index >= 15 is 0 Å². The summed E-state index contributed by atoms with van der Waals surface area (Å²) in [5.74, 6) is -1.48. The molecule has 2 atom stereocenters. The number of rotatable bonds is 38. The second-order valence-electron chi connectivity index (χ2n) is 15.6. The third-order valence-corrected chi connectivity index (χ3v) is 9.57. The minimum Gasteiger partial charge on any atom is -0.477 e. The summed E-state index contributed by atoms with van der Waals surface area (Å²) in [6, 6.07) is -0.613. The van der Waals surface area contributed by atoms with Gasteiger partial charge in [-0.05, 0) is 57.8 Å². The summed E-state index contributed by atoms with van der Waals surface area (Å²) in [5, 5.41) is 9.60. The van der Waals surface area contributed by atoms with Gasteiger partial charge in [-0.25, -0.2) is 4.79 Å². The zero-order chi connectivity index (χ0) is 38.5. The van der Waals surface area contributed by atoms with Crippen LogP contribution in [0.5, 0.6) is 0 Å². The summed E-state index contributed by atoms with van der Waals surface area (Å²) in [4.78, 5) is 36.9. The Morgan fingerprint density at radius 1 is 0.558 bits per heavy atom. The van der Waals surface area contributed by atoms with E-state index in [1.807, 2.05) is 21.1 Å². The van der Waals surface area contributed by atoms with Crippen LogP contribution in [0, 0.1) is 0 Å². The van der Waals surface area contributed by atoms with E-state index in [1.165, 1.54) is 103 Å². The van der Waals surface area contributed by atoms with Crippen LogP contribution in [0.3, 0.4) is 0 Å². The van der Waals surface area contributed by atoms with Gasteiger partial charge in [-0.15, -0.1) is 0 Å². The second-order valence-corrected chi connectivity index (χ2v) is 15.6. The highest BCUT2D eigenvalue weighted by Crippen LogP contribution is 2.14. The van der Waals surface area contributed by atoms with Gasteiger partial charge in [0, 0.05) is 19.3 Å². The summed E-state index contributed by atoms with van der Waals surface area (Å²) in [6.07, 6.45) is 37.9. The molecule has 0 radical (unpaired) electrons. The highest BCUT2D eigenvalue weighted by atomic mass is 16.6. The van der Waals surface area contributed by atoms with Gasteiger partial charge in [0.25, 0.3) is 0 Å². The van der Waals surface area contributed by atoms with Crippen LogP contribution >= 0.6 is 0 Å². The highest BCUT2D eigenvalue weighted by Gasteiger charge is 2.31. The number of allylic oxidation sites excluding steroid dienone is 4. The number of carbonyl (C=O) groups is 3. The van der Waals surface area contributed by atoms with Gasteiger partial charge in [0.15, 0.2) is 12.1 Å². The predicted octanol–water partition coefficient (Wildman–Crippen LogP) is 11.3. The monoisotopic (exact) mass is 737 g/mol. The van der Waals surface area contributed by atoms with E-state index in [1.54, 1.807) is 0 Å². The molecule has 0 aromatic rings. The summed E-state index contributed by atoms with van der Waals surface area (Å²) in [7, 11) is 5.52. The van der Waals surface area contributed by atoms with Crippen molar-refractivity contribution < 1.29 is 38.2 Å². The lowest BCUT2D eigenvalue weighted by molar-refractivity contribution is -0.887. The molecular weight excluding hydrogens is 654 g/mol. The molecule has 0 aromatic carbocycles. The normalized spacial score (nSPS) is 13.2. The molecule has 2 unspecified atom stereocenters. The van der Waals surface area contributed by atoms with Crippen LogP contribution in [0.4, 0.5) is 0 Å². The third-order valence-electron chi connectivity index (χ3n) is 9.57. The smallest absolute Gasteiger partial charge is 0.362 e. The third kappa shape index (κ3) is 33.6. The number of hydrogen-bond donors (Lipinski definition) is 1. The molecule has 0 aliphatic carbocycles. The molecule has 0 aliphatic rings. The molecule has 52 heavy (non-hydrogen) atoms. The second kappa shape index (κ2) is 35.8. The zero-order valence-electron chi connectivity index (χ0n) is 34.5. The molecule has 0 amide bonds. The quantitative estimate of drug-likeness (QED) is 0.0291. The summed E-state index contributed by atoms with van der Waals surface area (Å²) >= 11 is 0. The Morgan fingerprint density at radius 3 is 1.44 bits per heavy atom. The number of carboxylic acid groups (broad SMARTS) is 1. The van der Waals surface area contributed by atoms with Crippen molar-refractivity contribution in [1.82, 2.24) is 0 Å². The Labute approximate surface area is 320 Å². The molecule has 0 aromatic heterocycles. The first-order valence-corrected chi connectivity index (χ1v) is 21.4. The van der Waals surface area contributed by atoms with Crippen LogP contribution in [-0.2, 0) is 28.6 Å². The van der Waals surface area contributed by atoms with Gasteiger partial charge >= 0.3 is 17.9 Å². The van der Waals surface area contributed by atoms with Crippen molar-refractivity contribution in [2.75, 3.05) is 41.0 Å². The van der Waals surface area contributed by atoms with Gasteiger partial charge in [-0.1, -0.05) is 134 Å². The first-order chi connectivity index (χ1) is 25.1. The number of ether oxygens (including phenoxy) is 3. The molecule has 0 bridgehead atoms. The fraction of sp³-hybridized carbons (Fsp3) is 0.841. The molecule has 0 saturated heterocycles. The van der Waals surface area contributed by atoms with Crippen LogP contribution in [0.2, 0.25) is 0 Å². The van der Waals surface area contributed by atoms with E-state index < -0.39 is 18.1 Å². The Bertz CT molecular complexity index is 911. The fourth-order valence-corrected chi connectivity index (χ4v) is 6.18. The van der Waals surface area contributed by atoms with Gasteiger partial charge in [-0.3, -0.25) is 9.59 Å². The number of hydrogen-bond acceptors (Lipinski definition) is 6. The van der Waals surface area contributed by atoms with Crippen molar-refractivity contribution in [2.45, 2.75) is 199 Å². The Balaban J connectivity index is 4.32. The summed E-state index contributed by atoms with van der Waals surface area (Å²) < 4.78 is 17.2. The molecule has 0 rings (SSSR count). The maximum atomic E-state index is 12.7. The molecule has 0 saturated carbocycles. The molecule has 1 N–H and O–H groups in total. The summed E-state index contributed by atoms with van der Waals surface area (Å²) in [5.41, 5.74) is 0. The molecular formula is C44H82NO7+. The maximum Gasteiger partial charge on any atom is 0.362 e. The Hall–Kier alpha value is -2.19. The number of carbonyl (C=O) groups excluding carboxylic acids is 2. The van der Waals surface area contributed by atoms with Gasteiger partial charge < -0.3 is 23.8 Å². The standard InChI is InChI=1S/C44H81NO7/c1-6-8-10-12-14-16-18-19-20-21-22-23-25-26-28-30-32-34-42(46)51-39-40(38-50-37-36-41(44(48)49)45(3,4)5)52-43(47)35-33-31-29-27-24-17-15-13-11-9-7-2/h13,15,19-20,40-41H,6-12,14,16-18,21-39H2,1-5H3/p+1/b15-13+,20-19+. The minimum atomic E-state index is -0.877. The predicted molar refractivity (Wildman–Crippen MR) is 215 cm³/mol. The Kier molecular flexibility index (Phi) is 34.3. The molecule has 0 heterocycles. The number of likely N-dealkylation sites (N-methyl/N-ethyl adjacent to an activating group) is 1. The van der Waals surface area contributed by atoms with E-state index in [9.17, 15) is 19.5 Å². The Morgan fingerprint density at radius 2 is 0.981 bits per heavy atom. The van der Waals surface area contributed by atoms with Gasteiger partial charge in [0.2, 0.25) is 0 Å². The maximum absolute atomic E-state index is 12.7. The van der Waals surface area contributed by atoms with Crippen molar-refractivity contribution in [2.24, 2.45) is 0 Å². The SMILES string of the molecule is CCCC/C=C/CCCCCCCC(=O)OC(COCCC(C(=O)O)[N+](C)(C)C)COC(=O)CCCCCCCCC/C=C/CCCCCCCC. The summed E-state index contributed by atoms with van der Waals surface area (Å²) in [6.45, 7) is 4.68. The average molecular weight is 737 g/mol. The van der Waals surface area contributed by atoms with Crippen LogP contribution in [-0.4, -0.2) is 80.6 Å². The number of esters is 2. The number of carboxylic acids is 1. The molecule has 0 fully saturated rings. The van der Waals surface area contributed by atoms with Gasteiger partial charge in [0.1, 0.15) is 6.61 Å². The van der Waals surface area contributed by atoms with Crippen LogP contribution in [0.1, 0.15) is 187 Å². The van der Waals surface area contributed by atoms with Gasteiger partial charge in [0.05, 0.1) is 34.4 Å². The number of aliphatic carboxylic acids is 1. The van der Waals surface area contributed by atoms with Crippen molar-refractivity contribution in [1.29, 1.82) is 0 Å². The average Bonchev–Trinajstić information content (AvgIpc) is 3.09. The zero-order valence-corrected chi connectivity index (χ0v) is 34.5. The lowest BCUT2D eigenvalue weighted by Gasteiger charge is -2.31. The molecule has 0 spiro atoms. The van der Waals surface area contributed by atoms with E-state index in [-0.39, 0.29) is 36.2 Å². The molecule has 0 aliphatic heterocycles. The molecule has 8 nitrogen and oxygen atoms in total. The number of quaternary nitrogens is 1. The largest absolute Gasteiger partial charge is 0.477 e. The van der Waals surface area contributed by atoms with E-state index in [2.05, 4.69) is 38.2 Å². The van der Waals surface area contributed by atoms with Crippen molar-refractivity contribution in [3.05, 3.63) is 24.3 Å². The van der Waals surface area contributed by atoms with Crippen molar-refractivity contribution in [3.63, 3.8) is 0 Å².